The number of amides is 1. The molecule has 4 rings (SSSR count). The Balaban J connectivity index is 1.57. The number of methoxy groups -OCH3 is 1. The lowest BCUT2D eigenvalue weighted by Gasteiger charge is -2.29. The lowest BCUT2D eigenvalue weighted by molar-refractivity contribution is -0.140. The number of aryl methyl sites for hydroxylation is 1. The fourth-order valence-electron chi connectivity index (χ4n) is 4.51. The molecule has 2 aliphatic heterocycles. The summed E-state index contributed by atoms with van der Waals surface area (Å²) in [4.78, 5) is 44.3. The predicted octanol–water partition coefficient (Wildman–Crippen LogP) is 2.74. The average molecular weight is 457 g/mol. The molecule has 1 aromatic carbocycles. The fraction of sp³-hybridized carbons (Fsp3) is 0.458. The van der Waals surface area contributed by atoms with Crippen molar-refractivity contribution >= 4 is 28.8 Å². The van der Waals surface area contributed by atoms with Crippen LogP contribution in [0.25, 0.3) is 0 Å². The van der Waals surface area contributed by atoms with Crippen LogP contribution in [0.2, 0.25) is 0 Å². The average Bonchev–Trinajstić information content (AvgIpc) is 3.42. The van der Waals surface area contributed by atoms with E-state index < -0.39 is 23.7 Å². The van der Waals surface area contributed by atoms with Crippen molar-refractivity contribution in [3.05, 3.63) is 51.7 Å². The van der Waals surface area contributed by atoms with Gasteiger partial charge in [0.05, 0.1) is 26.4 Å². The number of rotatable bonds is 8. The van der Waals surface area contributed by atoms with Gasteiger partial charge in [-0.1, -0.05) is 6.07 Å². The van der Waals surface area contributed by atoms with E-state index in [9.17, 15) is 14.4 Å². The maximum absolute atomic E-state index is 13.5. The van der Waals surface area contributed by atoms with Gasteiger partial charge in [0.2, 0.25) is 5.78 Å². The van der Waals surface area contributed by atoms with E-state index in [0.29, 0.717) is 17.9 Å². The van der Waals surface area contributed by atoms with Gasteiger partial charge in [-0.05, 0) is 48.6 Å². The normalized spacial score (nSPS) is 21.9. The molecule has 0 aliphatic carbocycles. The third-order valence-corrected chi connectivity index (χ3v) is 7.12. The SMILES string of the molecule is COc1ccc(C(=O)C2C(=O)C(=O)N(CCCN3CCOCC3)C2c2cccs2)cc1C. The molecule has 2 aliphatic rings. The Morgan fingerprint density at radius 3 is 2.62 bits per heavy atom. The molecule has 0 N–H and O–H groups in total. The first-order valence-electron chi connectivity index (χ1n) is 10.9. The van der Waals surface area contributed by atoms with Crippen molar-refractivity contribution in [2.75, 3.05) is 46.5 Å². The predicted molar refractivity (Wildman–Crippen MR) is 121 cm³/mol. The number of ether oxygens (including phenoxy) is 2. The highest BCUT2D eigenvalue weighted by molar-refractivity contribution is 7.10. The number of morpholine rings is 1. The van der Waals surface area contributed by atoms with Crippen LogP contribution < -0.4 is 4.74 Å². The first-order chi connectivity index (χ1) is 15.5. The Kier molecular flexibility index (Phi) is 7.03. The summed E-state index contributed by atoms with van der Waals surface area (Å²) >= 11 is 1.47. The second-order valence-corrected chi connectivity index (χ2v) is 9.14. The molecule has 7 nitrogen and oxygen atoms in total. The zero-order valence-electron chi connectivity index (χ0n) is 18.4. The molecule has 0 spiro atoms. The highest BCUT2D eigenvalue weighted by atomic mass is 32.1. The number of thiophene rings is 1. The second kappa shape index (κ2) is 9.94. The molecule has 8 heteroatoms. The minimum Gasteiger partial charge on any atom is -0.496 e. The van der Waals surface area contributed by atoms with Gasteiger partial charge in [0.1, 0.15) is 11.7 Å². The maximum atomic E-state index is 13.5. The van der Waals surface area contributed by atoms with Crippen LogP contribution >= 0.6 is 11.3 Å². The van der Waals surface area contributed by atoms with Gasteiger partial charge in [-0.2, -0.15) is 0 Å². The number of carbonyl (C=O) groups excluding carboxylic acids is 3. The van der Waals surface area contributed by atoms with Gasteiger partial charge in [-0.3, -0.25) is 19.3 Å². The summed E-state index contributed by atoms with van der Waals surface area (Å²) in [5, 5.41) is 1.91. The van der Waals surface area contributed by atoms with Crippen LogP contribution in [-0.2, 0) is 14.3 Å². The van der Waals surface area contributed by atoms with E-state index in [0.717, 1.165) is 49.7 Å². The summed E-state index contributed by atoms with van der Waals surface area (Å²) < 4.78 is 10.7. The Bertz CT molecular complexity index is 984. The van der Waals surface area contributed by atoms with E-state index in [1.165, 1.54) is 11.3 Å². The molecule has 2 aromatic rings. The fourth-order valence-corrected chi connectivity index (χ4v) is 5.38. The Morgan fingerprint density at radius 2 is 1.97 bits per heavy atom. The summed E-state index contributed by atoms with van der Waals surface area (Å²) in [6.45, 7) is 6.31. The van der Waals surface area contributed by atoms with E-state index in [1.54, 1.807) is 30.2 Å². The molecule has 2 saturated heterocycles. The summed E-state index contributed by atoms with van der Waals surface area (Å²) in [5.74, 6) is -1.85. The maximum Gasteiger partial charge on any atom is 0.291 e. The third-order valence-electron chi connectivity index (χ3n) is 6.18. The summed E-state index contributed by atoms with van der Waals surface area (Å²) in [5.41, 5.74) is 1.23. The first-order valence-corrected chi connectivity index (χ1v) is 11.8. The van der Waals surface area contributed by atoms with Crippen LogP contribution in [0.4, 0.5) is 0 Å². The molecule has 1 amide bonds. The molecule has 2 fully saturated rings. The van der Waals surface area contributed by atoms with Crippen molar-refractivity contribution in [3.8, 4) is 5.75 Å². The molecule has 170 valence electrons. The molecule has 2 unspecified atom stereocenters. The van der Waals surface area contributed by atoms with Gasteiger partial charge in [0.25, 0.3) is 5.91 Å². The summed E-state index contributed by atoms with van der Waals surface area (Å²) in [6.07, 6.45) is 0.740. The quantitative estimate of drug-likeness (QED) is 0.345. The van der Waals surface area contributed by atoms with Crippen molar-refractivity contribution in [2.45, 2.75) is 19.4 Å². The molecular weight excluding hydrogens is 428 g/mol. The van der Waals surface area contributed by atoms with Gasteiger partial charge < -0.3 is 14.4 Å². The Morgan fingerprint density at radius 1 is 1.19 bits per heavy atom. The van der Waals surface area contributed by atoms with Crippen LogP contribution in [0.5, 0.6) is 5.75 Å². The summed E-state index contributed by atoms with van der Waals surface area (Å²) in [7, 11) is 1.57. The van der Waals surface area contributed by atoms with Crippen molar-refractivity contribution in [1.29, 1.82) is 0 Å². The molecule has 1 aromatic heterocycles. The molecule has 0 bridgehead atoms. The largest absolute Gasteiger partial charge is 0.496 e. The lowest BCUT2D eigenvalue weighted by Crippen LogP contribution is -2.39. The third kappa shape index (κ3) is 4.48. The van der Waals surface area contributed by atoms with E-state index in [2.05, 4.69) is 4.90 Å². The van der Waals surface area contributed by atoms with Gasteiger partial charge in [0, 0.05) is 36.6 Å². The monoisotopic (exact) mass is 456 g/mol. The zero-order chi connectivity index (χ0) is 22.7. The van der Waals surface area contributed by atoms with Crippen molar-refractivity contribution in [3.63, 3.8) is 0 Å². The Hall–Kier alpha value is -2.55. The number of hydrogen-bond donors (Lipinski definition) is 0. The number of nitrogens with zero attached hydrogens (tertiary/aromatic N) is 2. The topological polar surface area (TPSA) is 76.2 Å². The van der Waals surface area contributed by atoms with Crippen LogP contribution in [-0.4, -0.2) is 73.8 Å². The number of carbonyl (C=O) groups is 3. The molecule has 32 heavy (non-hydrogen) atoms. The molecule has 0 saturated carbocycles. The van der Waals surface area contributed by atoms with Crippen molar-refractivity contribution in [2.24, 2.45) is 5.92 Å². The number of Topliss-reactive ketones (excluding diaryl/α,β-unsaturated/α-hetero) is 2. The minimum atomic E-state index is -1.03. The van der Waals surface area contributed by atoms with Crippen LogP contribution in [0.3, 0.4) is 0 Å². The number of ketones is 2. The standard InChI is InChI=1S/C24H28N2O5S/c1-16-15-17(6-7-18(16)30-2)22(27)20-21(19-5-3-14-32-19)26(24(29)23(20)28)9-4-8-25-10-12-31-13-11-25/h3,5-7,14-15,20-21H,4,8-13H2,1-2H3. The smallest absolute Gasteiger partial charge is 0.291 e. The molecule has 0 radical (unpaired) electrons. The number of benzene rings is 1. The van der Waals surface area contributed by atoms with Crippen LogP contribution in [0.15, 0.2) is 35.7 Å². The Labute approximate surface area is 191 Å². The van der Waals surface area contributed by atoms with Crippen LogP contribution in [0.1, 0.15) is 33.3 Å². The van der Waals surface area contributed by atoms with Gasteiger partial charge in [-0.15, -0.1) is 11.3 Å². The van der Waals surface area contributed by atoms with Crippen LogP contribution in [0, 0.1) is 12.8 Å². The summed E-state index contributed by atoms with van der Waals surface area (Å²) in [6, 6.07) is 8.34. The second-order valence-electron chi connectivity index (χ2n) is 8.16. The molecule has 2 atom stereocenters. The minimum absolute atomic E-state index is 0.316. The number of hydrogen-bond acceptors (Lipinski definition) is 7. The first kappa shape index (κ1) is 22.6. The van der Waals surface area contributed by atoms with E-state index in [1.807, 2.05) is 24.4 Å². The molecule has 3 heterocycles. The highest BCUT2D eigenvalue weighted by Gasteiger charge is 2.51. The van der Waals surface area contributed by atoms with Crippen molar-refractivity contribution < 1.29 is 23.9 Å². The van der Waals surface area contributed by atoms with Gasteiger partial charge >= 0.3 is 0 Å². The van der Waals surface area contributed by atoms with E-state index >= 15 is 0 Å². The van der Waals surface area contributed by atoms with Gasteiger partial charge in [-0.25, -0.2) is 0 Å². The zero-order valence-corrected chi connectivity index (χ0v) is 19.2. The lowest BCUT2D eigenvalue weighted by atomic mass is 9.88. The number of likely N-dealkylation sites (tertiary alicyclic amines) is 1. The van der Waals surface area contributed by atoms with E-state index in [4.69, 9.17) is 9.47 Å². The van der Waals surface area contributed by atoms with E-state index in [-0.39, 0.29) is 5.78 Å². The van der Waals surface area contributed by atoms with Gasteiger partial charge in [0.15, 0.2) is 5.78 Å². The molecular formula is C24H28N2O5S. The highest BCUT2D eigenvalue weighted by Crippen LogP contribution is 2.40. The van der Waals surface area contributed by atoms with Crippen molar-refractivity contribution in [1.82, 2.24) is 9.80 Å².